The Labute approximate surface area is 103 Å². The van der Waals surface area contributed by atoms with Crippen LogP contribution in [0, 0.1) is 0 Å². The highest BCUT2D eigenvalue weighted by atomic mass is 79.9. The molecule has 0 unspecified atom stereocenters. The highest BCUT2D eigenvalue weighted by molar-refractivity contribution is 9.10. The van der Waals surface area contributed by atoms with Crippen molar-refractivity contribution in [3.63, 3.8) is 0 Å². The van der Waals surface area contributed by atoms with Crippen LogP contribution in [0.1, 0.15) is 18.5 Å². The van der Waals surface area contributed by atoms with Gasteiger partial charge in [0.2, 0.25) is 0 Å². The topological polar surface area (TPSA) is 37.0 Å². The van der Waals surface area contributed by atoms with E-state index in [4.69, 9.17) is 11.6 Å². The maximum atomic E-state index is 5.93. The molecular weight excluding hydrogens is 277 g/mol. The van der Waals surface area contributed by atoms with Crippen LogP contribution in [0.5, 0.6) is 0 Å². The van der Waals surface area contributed by atoms with Crippen molar-refractivity contribution in [2.75, 3.05) is 13.1 Å². The first-order valence-corrected chi connectivity index (χ1v) is 6.13. The third-order valence-corrected chi connectivity index (χ3v) is 3.20. The van der Waals surface area contributed by atoms with E-state index in [1.165, 1.54) is 5.56 Å². The average molecular weight is 291 g/mol. The largest absolute Gasteiger partial charge is 0.311 e. The summed E-state index contributed by atoms with van der Waals surface area (Å²) in [4.78, 5) is 4.09. The van der Waals surface area contributed by atoms with E-state index in [0.29, 0.717) is 17.2 Å². The van der Waals surface area contributed by atoms with Gasteiger partial charge in [-0.05, 0) is 40.5 Å². The molecule has 0 amide bonds. The van der Waals surface area contributed by atoms with Crippen molar-refractivity contribution in [3.8, 4) is 0 Å². The molecular formula is C10H13BrClN3. The molecule has 0 aliphatic carbocycles. The van der Waals surface area contributed by atoms with E-state index in [0.717, 1.165) is 17.7 Å². The first-order valence-electron chi connectivity index (χ1n) is 4.96. The second-order valence-electron chi connectivity index (χ2n) is 3.72. The van der Waals surface area contributed by atoms with Crippen molar-refractivity contribution in [2.45, 2.75) is 19.0 Å². The summed E-state index contributed by atoms with van der Waals surface area (Å²) in [5.41, 5.74) is 1.17. The van der Waals surface area contributed by atoms with Gasteiger partial charge in [0.05, 0.1) is 0 Å². The summed E-state index contributed by atoms with van der Waals surface area (Å²) < 4.78 is 0.782. The Morgan fingerprint density at radius 2 is 2.13 bits per heavy atom. The maximum Gasteiger partial charge on any atom is 0.130 e. The average Bonchev–Trinajstić information content (AvgIpc) is 2.16. The Hall–Kier alpha value is -0.160. The van der Waals surface area contributed by atoms with Gasteiger partial charge in [0, 0.05) is 25.2 Å². The Kier molecular flexibility index (Phi) is 3.61. The van der Waals surface area contributed by atoms with Crippen LogP contribution in [0.25, 0.3) is 0 Å². The molecule has 2 heterocycles. The zero-order chi connectivity index (χ0) is 10.8. The maximum absolute atomic E-state index is 5.93. The third kappa shape index (κ3) is 2.69. The minimum atomic E-state index is 0.301. The molecule has 0 bridgehead atoms. The van der Waals surface area contributed by atoms with Gasteiger partial charge in [-0.1, -0.05) is 11.6 Å². The van der Waals surface area contributed by atoms with Crippen LogP contribution >= 0.6 is 27.5 Å². The lowest BCUT2D eigenvalue weighted by atomic mass is 10.00. The second-order valence-corrected chi connectivity index (χ2v) is 4.92. The van der Waals surface area contributed by atoms with E-state index < -0.39 is 0 Å². The van der Waals surface area contributed by atoms with Crippen molar-refractivity contribution < 1.29 is 0 Å². The Morgan fingerprint density at radius 1 is 1.40 bits per heavy atom. The molecule has 5 heteroatoms. The zero-order valence-corrected chi connectivity index (χ0v) is 10.8. The van der Waals surface area contributed by atoms with E-state index in [-0.39, 0.29) is 0 Å². The normalized spacial score (nSPS) is 26.6. The van der Waals surface area contributed by atoms with Gasteiger partial charge >= 0.3 is 0 Å². The van der Waals surface area contributed by atoms with E-state index in [9.17, 15) is 0 Å². The summed E-state index contributed by atoms with van der Waals surface area (Å²) in [6.45, 7) is 4.16. The van der Waals surface area contributed by atoms with Crippen LogP contribution in [0.2, 0.25) is 5.15 Å². The molecule has 0 saturated carbocycles. The monoisotopic (exact) mass is 289 g/mol. The molecule has 2 atom stereocenters. The first kappa shape index (κ1) is 11.3. The quantitative estimate of drug-likeness (QED) is 0.778. The fourth-order valence-corrected chi connectivity index (χ4v) is 2.67. The molecule has 1 aliphatic heterocycles. The number of pyridine rings is 1. The fourth-order valence-electron chi connectivity index (χ4n) is 1.89. The van der Waals surface area contributed by atoms with Gasteiger partial charge in [-0.15, -0.1) is 0 Å². The summed E-state index contributed by atoms with van der Waals surface area (Å²) in [7, 11) is 0. The molecule has 1 fully saturated rings. The van der Waals surface area contributed by atoms with Crippen LogP contribution in [0.3, 0.4) is 0 Å². The van der Waals surface area contributed by atoms with Gasteiger partial charge in [-0.25, -0.2) is 4.98 Å². The molecule has 15 heavy (non-hydrogen) atoms. The summed E-state index contributed by atoms with van der Waals surface area (Å²) in [5, 5.41) is 7.42. The molecule has 2 rings (SSSR count). The molecule has 1 aliphatic rings. The summed E-state index contributed by atoms with van der Waals surface area (Å²) >= 11 is 9.28. The minimum Gasteiger partial charge on any atom is -0.311 e. The number of piperazine rings is 1. The van der Waals surface area contributed by atoms with E-state index in [1.54, 1.807) is 0 Å². The van der Waals surface area contributed by atoms with Crippen molar-refractivity contribution in [2.24, 2.45) is 0 Å². The second kappa shape index (κ2) is 4.78. The van der Waals surface area contributed by atoms with Crippen molar-refractivity contribution >= 4 is 27.5 Å². The van der Waals surface area contributed by atoms with E-state index in [2.05, 4.69) is 38.5 Å². The molecule has 0 radical (unpaired) electrons. The van der Waals surface area contributed by atoms with Gasteiger partial charge in [0.15, 0.2) is 0 Å². The van der Waals surface area contributed by atoms with Gasteiger partial charge in [-0.2, -0.15) is 0 Å². The standard InChI is InChI=1S/C10H13BrClN3/c1-6-10(14-3-2-13-6)7-4-8(11)15-9(12)5-7/h4-6,10,13-14H,2-3H2,1H3/t6-,10+/m1/s1. The van der Waals surface area contributed by atoms with Crippen LogP contribution in [-0.2, 0) is 0 Å². The smallest absolute Gasteiger partial charge is 0.130 e. The predicted octanol–water partition coefficient (Wildman–Crippen LogP) is 2.12. The van der Waals surface area contributed by atoms with Gasteiger partial charge in [-0.3, -0.25) is 0 Å². The van der Waals surface area contributed by atoms with E-state index in [1.807, 2.05) is 12.1 Å². The Morgan fingerprint density at radius 3 is 2.80 bits per heavy atom. The number of nitrogens with zero attached hydrogens (tertiary/aromatic N) is 1. The number of aromatic nitrogens is 1. The SMILES string of the molecule is C[C@H]1NCCN[C@@H]1c1cc(Cl)nc(Br)c1. The summed E-state index contributed by atoms with van der Waals surface area (Å²) in [6.07, 6.45) is 0. The van der Waals surface area contributed by atoms with Crippen LogP contribution in [0.15, 0.2) is 16.7 Å². The number of hydrogen-bond acceptors (Lipinski definition) is 3. The summed E-state index contributed by atoms with van der Waals surface area (Å²) in [6, 6.07) is 4.63. The van der Waals surface area contributed by atoms with Crippen LogP contribution in [0.4, 0.5) is 0 Å². The lowest BCUT2D eigenvalue weighted by Gasteiger charge is -2.31. The Bertz CT molecular complexity index is 338. The number of rotatable bonds is 1. The highest BCUT2D eigenvalue weighted by Crippen LogP contribution is 2.24. The van der Waals surface area contributed by atoms with Gasteiger partial charge in [0.25, 0.3) is 0 Å². The number of nitrogens with one attached hydrogen (secondary N) is 2. The van der Waals surface area contributed by atoms with Crippen molar-refractivity contribution in [1.29, 1.82) is 0 Å². The van der Waals surface area contributed by atoms with Gasteiger partial charge in [0.1, 0.15) is 9.76 Å². The lowest BCUT2D eigenvalue weighted by molar-refractivity contribution is 0.345. The molecule has 0 aromatic carbocycles. The molecule has 3 nitrogen and oxygen atoms in total. The van der Waals surface area contributed by atoms with Crippen molar-refractivity contribution in [1.82, 2.24) is 15.6 Å². The molecule has 82 valence electrons. The minimum absolute atomic E-state index is 0.301. The molecule has 1 saturated heterocycles. The molecule has 0 spiro atoms. The zero-order valence-electron chi connectivity index (χ0n) is 8.43. The fraction of sp³-hybridized carbons (Fsp3) is 0.500. The van der Waals surface area contributed by atoms with Gasteiger partial charge < -0.3 is 10.6 Å². The highest BCUT2D eigenvalue weighted by Gasteiger charge is 2.22. The third-order valence-electron chi connectivity index (χ3n) is 2.60. The lowest BCUT2D eigenvalue weighted by Crippen LogP contribution is -2.49. The van der Waals surface area contributed by atoms with Crippen molar-refractivity contribution in [3.05, 3.63) is 27.5 Å². The van der Waals surface area contributed by atoms with Crippen LogP contribution < -0.4 is 10.6 Å². The number of hydrogen-bond donors (Lipinski definition) is 2. The number of halogens is 2. The van der Waals surface area contributed by atoms with E-state index >= 15 is 0 Å². The predicted molar refractivity (Wildman–Crippen MR) is 65.2 cm³/mol. The first-order chi connectivity index (χ1) is 7.16. The molecule has 2 N–H and O–H groups in total. The molecule has 1 aromatic heterocycles. The molecule has 1 aromatic rings. The Balaban J connectivity index is 2.27. The van der Waals surface area contributed by atoms with Crippen LogP contribution in [-0.4, -0.2) is 24.1 Å². The summed E-state index contributed by atoms with van der Waals surface area (Å²) in [5.74, 6) is 0.